The first-order chi connectivity index (χ1) is 8.75. The molecule has 0 saturated heterocycles. The van der Waals surface area contributed by atoms with Gasteiger partial charge in [0.1, 0.15) is 0 Å². The van der Waals surface area contributed by atoms with Gasteiger partial charge in [0.15, 0.2) is 6.29 Å². The van der Waals surface area contributed by atoms with Gasteiger partial charge in [-0.15, -0.1) is 0 Å². The molecule has 4 nitrogen and oxygen atoms in total. The van der Waals surface area contributed by atoms with Crippen LogP contribution < -0.4 is 0 Å². The summed E-state index contributed by atoms with van der Waals surface area (Å²) in [5.41, 5.74) is 2.67. The summed E-state index contributed by atoms with van der Waals surface area (Å²) < 4.78 is 0. The van der Waals surface area contributed by atoms with Gasteiger partial charge >= 0.3 is 5.97 Å². The molecule has 0 saturated carbocycles. The number of aromatic carboxylic acids is 1. The number of carboxylic acids is 1. The monoisotopic (exact) mass is 259 g/mol. The number of H-pyrrole nitrogens is 1. The van der Waals surface area contributed by atoms with Gasteiger partial charge < -0.3 is 10.1 Å². The van der Waals surface area contributed by atoms with E-state index in [0.717, 1.165) is 11.8 Å². The predicted octanol–water partition coefficient (Wildman–Crippen LogP) is 3.28. The molecular weight excluding hydrogens is 242 g/mol. The van der Waals surface area contributed by atoms with E-state index in [1.165, 1.54) is 0 Å². The standard InChI is InChI=1S/C15H17NO3/c1-8-12(7-17)10-5-9(15(2,3)4)6-11(14(18)19)13(10)16-8/h5-7,16H,1-4H3,(H,18,19). The summed E-state index contributed by atoms with van der Waals surface area (Å²) in [6.07, 6.45) is 0.770. The van der Waals surface area contributed by atoms with Crippen molar-refractivity contribution in [3.05, 3.63) is 34.5 Å². The number of carboxylic acid groups (broad SMARTS) is 1. The Morgan fingerprint density at radius 3 is 2.42 bits per heavy atom. The first-order valence-corrected chi connectivity index (χ1v) is 6.11. The fourth-order valence-electron chi connectivity index (χ4n) is 2.20. The number of rotatable bonds is 2. The fourth-order valence-corrected chi connectivity index (χ4v) is 2.20. The van der Waals surface area contributed by atoms with Crippen LogP contribution in [0, 0.1) is 6.92 Å². The molecule has 19 heavy (non-hydrogen) atoms. The molecule has 2 aromatic rings. The summed E-state index contributed by atoms with van der Waals surface area (Å²) >= 11 is 0. The van der Waals surface area contributed by atoms with E-state index >= 15 is 0 Å². The van der Waals surface area contributed by atoms with Crippen LogP contribution >= 0.6 is 0 Å². The third-order valence-electron chi connectivity index (χ3n) is 3.36. The molecule has 0 amide bonds. The first-order valence-electron chi connectivity index (χ1n) is 6.11. The molecule has 0 bridgehead atoms. The summed E-state index contributed by atoms with van der Waals surface area (Å²) in [6, 6.07) is 3.57. The van der Waals surface area contributed by atoms with E-state index in [1.807, 2.05) is 26.8 Å². The topological polar surface area (TPSA) is 70.2 Å². The normalized spacial score (nSPS) is 11.8. The molecule has 100 valence electrons. The molecule has 1 aromatic carbocycles. The Morgan fingerprint density at radius 2 is 1.95 bits per heavy atom. The second-order valence-electron chi connectivity index (χ2n) is 5.78. The van der Waals surface area contributed by atoms with E-state index in [9.17, 15) is 14.7 Å². The Balaban J connectivity index is 2.92. The van der Waals surface area contributed by atoms with Crippen LogP contribution in [0.2, 0.25) is 0 Å². The third kappa shape index (κ3) is 2.14. The summed E-state index contributed by atoms with van der Waals surface area (Å²) in [7, 11) is 0. The number of hydrogen-bond acceptors (Lipinski definition) is 2. The van der Waals surface area contributed by atoms with Crippen molar-refractivity contribution in [2.75, 3.05) is 0 Å². The SMILES string of the molecule is Cc1[nH]c2c(C(=O)O)cc(C(C)(C)C)cc2c1C=O. The van der Waals surface area contributed by atoms with Crippen LogP contribution in [0.5, 0.6) is 0 Å². The van der Waals surface area contributed by atoms with Gasteiger partial charge in [0, 0.05) is 16.6 Å². The van der Waals surface area contributed by atoms with E-state index in [4.69, 9.17) is 0 Å². The lowest BCUT2D eigenvalue weighted by atomic mass is 9.85. The third-order valence-corrected chi connectivity index (χ3v) is 3.36. The summed E-state index contributed by atoms with van der Waals surface area (Å²) in [6.45, 7) is 7.81. The Bertz CT molecular complexity index is 675. The minimum Gasteiger partial charge on any atom is -0.478 e. The zero-order valence-corrected chi connectivity index (χ0v) is 11.5. The molecule has 0 aliphatic heterocycles. The zero-order chi connectivity index (χ0) is 14.4. The minimum atomic E-state index is -0.991. The van der Waals surface area contributed by atoms with Crippen LogP contribution in [-0.2, 0) is 5.41 Å². The number of aldehydes is 1. The molecule has 0 fully saturated rings. The number of nitrogens with one attached hydrogen (secondary N) is 1. The van der Waals surface area contributed by atoms with Gasteiger partial charge in [0.05, 0.1) is 11.1 Å². The van der Waals surface area contributed by atoms with Gasteiger partial charge in [0.2, 0.25) is 0 Å². The maximum Gasteiger partial charge on any atom is 0.337 e. The molecule has 2 N–H and O–H groups in total. The van der Waals surface area contributed by atoms with Crippen molar-refractivity contribution in [3.63, 3.8) is 0 Å². The van der Waals surface area contributed by atoms with Crippen molar-refractivity contribution in [1.82, 2.24) is 4.98 Å². The smallest absolute Gasteiger partial charge is 0.337 e. The number of carbonyl (C=O) groups is 2. The second-order valence-corrected chi connectivity index (χ2v) is 5.78. The molecule has 0 radical (unpaired) electrons. The van der Waals surface area contributed by atoms with Crippen LogP contribution in [0.15, 0.2) is 12.1 Å². The quantitative estimate of drug-likeness (QED) is 0.813. The van der Waals surface area contributed by atoms with Crippen molar-refractivity contribution in [3.8, 4) is 0 Å². The van der Waals surface area contributed by atoms with E-state index < -0.39 is 5.97 Å². The average molecular weight is 259 g/mol. The number of aromatic amines is 1. The molecule has 2 rings (SSSR count). The number of carbonyl (C=O) groups excluding carboxylic acids is 1. The average Bonchev–Trinajstić information content (AvgIpc) is 2.61. The largest absolute Gasteiger partial charge is 0.478 e. The van der Waals surface area contributed by atoms with Gasteiger partial charge in [-0.3, -0.25) is 4.79 Å². The van der Waals surface area contributed by atoms with Gasteiger partial charge in [-0.2, -0.15) is 0 Å². The predicted molar refractivity (Wildman–Crippen MR) is 74.1 cm³/mol. The molecule has 0 aliphatic rings. The zero-order valence-electron chi connectivity index (χ0n) is 11.5. The molecular formula is C15H17NO3. The highest BCUT2D eigenvalue weighted by atomic mass is 16.4. The van der Waals surface area contributed by atoms with Crippen LogP contribution in [0.1, 0.15) is 52.7 Å². The van der Waals surface area contributed by atoms with E-state index in [0.29, 0.717) is 22.2 Å². The molecule has 0 aliphatic carbocycles. The lowest BCUT2D eigenvalue weighted by Crippen LogP contribution is -2.12. The molecule has 0 unspecified atom stereocenters. The number of hydrogen-bond donors (Lipinski definition) is 2. The summed E-state index contributed by atoms with van der Waals surface area (Å²) in [4.78, 5) is 25.6. The second kappa shape index (κ2) is 4.23. The van der Waals surface area contributed by atoms with E-state index in [2.05, 4.69) is 4.98 Å². The van der Waals surface area contributed by atoms with Gasteiger partial charge in [0.25, 0.3) is 0 Å². The van der Waals surface area contributed by atoms with Crippen LogP contribution in [0.25, 0.3) is 10.9 Å². The lowest BCUT2D eigenvalue weighted by Gasteiger charge is -2.20. The Kier molecular flexibility index (Phi) is 2.97. The van der Waals surface area contributed by atoms with Crippen molar-refractivity contribution in [2.45, 2.75) is 33.1 Å². The minimum absolute atomic E-state index is 0.177. The van der Waals surface area contributed by atoms with Crippen molar-refractivity contribution < 1.29 is 14.7 Å². The Morgan fingerprint density at radius 1 is 1.32 bits per heavy atom. The van der Waals surface area contributed by atoms with Crippen LogP contribution in [-0.4, -0.2) is 22.3 Å². The molecule has 4 heteroatoms. The maximum atomic E-state index is 11.4. The summed E-state index contributed by atoms with van der Waals surface area (Å²) in [5.74, 6) is -0.991. The highest BCUT2D eigenvalue weighted by Crippen LogP contribution is 2.31. The highest BCUT2D eigenvalue weighted by Gasteiger charge is 2.21. The molecule has 0 spiro atoms. The molecule has 0 atom stereocenters. The summed E-state index contributed by atoms with van der Waals surface area (Å²) in [5, 5.41) is 10.0. The number of fused-ring (bicyclic) bond motifs is 1. The van der Waals surface area contributed by atoms with Crippen molar-refractivity contribution >= 4 is 23.2 Å². The van der Waals surface area contributed by atoms with Crippen LogP contribution in [0.4, 0.5) is 0 Å². The molecule has 1 aromatic heterocycles. The molecule has 1 heterocycles. The Labute approximate surface area is 111 Å². The number of benzene rings is 1. The van der Waals surface area contributed by atoms with Gasteiger partial charge in [-0.25, -0.2) is 4.79 Å². The van der Waals surface area contributed by atoms with Gasteiger partial charge in [-0.05, 0) is 30.0 Å². The van der Waals surface area contributed by atoms with E-state index in [1.54, 1.807) is 13.0 Å². The van der Waals surface area contributed by atoms with Gasteiger partial charge in [-0.1, -0.05) is 20.8 Å². The first kappa shape index (κ1) is 13.3. The number of aromatic nitrogens is 1. The Hall–Kier alpha value is -2.10. The fraction of sp³-hybridized carbons (Fsp3) is 0.333. The van der Waals surface area contributed by atoms with Crippen molar-refractivity contribution in [1.29, 1.82) is 0 Å². The van der Waals surface area contributed by atoms with E-state index in [-0.39, 0.29) is 11.0 Å². The maximum absolute atomic E-state index is 11.4. The van der Waals surface area contributed by atoms with Crippen molar-refractivity contribution in [2.24, 2.45) is 0 Å². The van der Waals surface area contributed by atoms with Crippen LogP contribution in [0.3, 0.4) is 0 Å². The number of aryl methyl sites for hydroxylation is 1. The lowest BCUT2D eigenvalue weighted by molar-refractivity contribution is 0.0698. The highest BCUT2D eigenvalue weighted by molar-refractivity contribution is 6.08.